The Bertz CT molecular complexity index is 347. The van der Waals surface area contributed by atoms with E-state index in [0.29, 0.717) is 0 Å². The van der Waals surface area contributed by atoms with Crippen molar-refractivity contribution >= 4 is 5.91 Å². The fourth-order valence-corrected chi connectivity index (χ4v) is 0.849. The number of carbonyl (C=O) groups excluding carboxylic acids is 1. The fraction of sp³-hybridized carbons (Fsp3) is 0.100. The van der Waals surface area contributed by atoms with E-state index in [2.05, 4.69) is 13.2 Å². The third-order valence-electron chi connectivity index (χ3n) is 1.47. The van der Waals surface area contributed by atoms with Crippen molar-refractivity contribution in [3.8, 4) is 0 Å². The molecule has 0 bridgehead atoms. The van der Waals surface area contributed by atoms with E-state index in [1.54, 1.807) is 0 Å². The van der Waals surface area contributed by atoms with Gasteiger partial charge in [0.2, 0.25) is 5.91 Å². The van der Waals surface area contributed by atoms with Crippen molar-refractivity contribution in [2.24, 2.45) is 5.73 Å². The molecular weight excluding hydrogens is 207 g/mol. The molecule has 0 aromatic heterocycles. The summed E-state index contributed by atoms with van der Waals surface area (Å²) in [5.74, 6) is -0.869. The number of nitrogens with two attached hydrogens (primary N) is 1. The molecular formula is C10H10F3NO. The molecule has 5 heteroatoms. The zero-order valence-corrected chi connectivity index (χ0v) is 7.84. The second-order valence-corrected chi connectivity index (χ2v) is 2.44. The highest BCUT2D eigenvalue weighted by Crippen LogP contribution is 2.29. The van der Waals surface area contributed by atoms with Crippen molar-refractivity contribution in [1.29, 1.82) is 0 Å². The lowest BCUT2D eigenvalue weighted by atomic mass is 10.1. The first-order chi connectivity index (χ1) is 6.91. The van der Waals surface area contributed by atoms with E-state index in [4.69, 9.17) is 5.73 Å². The minimum absolute atomic E-state index is 0.144. The minimum Gasteiger partial charge on any atom is -0.366 e. The molecule has 0 saturated heterocycles. The SMILES string of the molecule is C=C.NC(=O)c1cccc(C(F)(F)F)c1. The summed E-state index contributed by atoms with van der Waals surface area (Å²) in [5.41, 5.74) is 3.80. The van der Waals surface area contributed by atoms with Crippen LogP contribution in [-0.2, 0) is 6.18 Å². The Kier molecular flexibility index (Phi) is 4.57. The predicted octanol–water partition coefficient (Wildman–Crippen LogP) is 2.61. The molecule has 2 N–H and O–H groups in total. The number of hydrogen-bond donors (Lipinski definition) is 1. The van der Waals surface area contributed by atoms with E-state index in [9.17, 15) is 18.0 Å². The van der Waals surface area contributed by atoms with Gasteiger partial charge in [-0.2, -0.15) is 13.2 Å². The van der Waals surface area contributed by atoms with Crippen LogP contribution in [0.3, 0.4) is 0 Å². The Balaban J connectivity index is 0.000000921. The number of primary amides is 1. The Morgan fingerprint density at radius 3 is 2.20 bits per heavy atom. The average molecular weight is 217 g/mol. The maximum absolute atomic E-state index is 12.1. The smallest absolute Gasteiger partial charge is 0.366 e. The van der Waals surface area contributed by atoms with Gasteiger partial charge in [0, 0.05) is 5.56 Å². The highest BCUT2D eigenvalue weighted by molar-refractivity contribution is 5.92. The third kappa shape index (κ3) is 3.84. The number of halogens is 3. The van der Waals surface area contributed by atoms with Gasteiger partial charge in [0.25, 0.3) is 0 Å². The molecule has 1 aromatic rings. The summed E-state index contributed by atoms with van der Waals surface area (Å²) in [5, 5.41) is 0. The summed E-state index contributed by atoms with van der Waals surface area (Å²) in [4.78, 5) is 10.5. The predicted molar refractivity (Wildman–Crippen MR) is 51.2 cm³/mol. The van der Waals surface area contributed by atoms with Crippen LogP contribution in [0.1, 0.15) is 15.9 Å². The second kappa shape index (κ2) is 5.19. The molecule has 0 aliphatic rings. The van der Waals surface area contributed by atoms with Gasteiger partial charge < -0.3 is 5.73 Å². The van der Waals surface area contributed by atoms with Crippen LogP contribution in [0.15, 0.2) is 37.4 Å². The minimum atomic E-state index is -4.44. The van der Waals surface area contributed by atoms with Crippen molar-refractivity contribution in [2.45, 2.75) is 6.18 Å². The highest BCUT2D eigenvalue weighted by Gasteiger charge is 2.30. The maximum Gasteiger partial charge on any atom is 0.416 e. The number of amides is 1. The number of rotatable bonds is 1. The van der Waals surface area contributed by atoms with Gasteiger partial charge in [0.05, 0.1) is 5.56 Å². The van der Waals surface area contributed by atoms with Crippen LogP contribution < -0.4 is 5.73 Å². The van der Waals surface area contributed by atoms with Gasteiger partial charge in [-0.3, -0.25) is 4.79 Å². The summed E-state index contributed by atoms with van der Waals surface area (Å²) in [6, 6.07) is 3.98. The first-order valence-corrected chi connectivity index (χ1v) is 3.88. The molecule has 0 radical (unpaired) electrons. The first-order valence-electron chi connectivity index (χ1n) is 3.88. The lowest BCUT2D eigenvalue weighted by molar-refractivity contribution is -0.137. The van der Waals surface area contributed by atoms with Gasteiger partial charge in [-0.15, -0.1) is 13.2 Å². The Morgan fingerprint density at radius 2 is 1.80 bits per heavy atom. The average Bonchev–Trinajstić information content (AvgIpc) is 2.20. The quantitative estimate of drug-likeness (QED) is 0.722. The van der Waals surface area contributed by atoms with Crippen LogP contribution in [0.4, 0.5) is 13.2 Å². The van der Waals surface area contributed by atoms with Crippen molar-refractivity contribution in [1.82, 2.24) is 0 Å². The van der Waals surface area contributed by atoms with Gasteiger partial charge in [-0.1, -0.05) is 6.07 Å². The second-order valence-electron chi connectivity index (χ2n) is 2.44. The molecule has 0 fully saturated rings. The number of hydrogen-bond acceptors (Lipinski definition) is 1. The van der Waals surface area contributed by atoms with Gasteiger partial charge >= 0.3 is 6.18 Å². The molecule has 1 rings (SSSR count). The van der Waals surface area contributed by atoms with E-state index in [0.717, 1.165) is 18.2 Å². The zero-order chi connectivity index (χ0) is 12.1. The van der Waals surface area contributed by atoms with Crippen molar-refractivity contribution < 1.29 is 18.0 Å². The molecule has 82 valence electrons. The lowest BCUT2D eigenvalue weighted by Crippen LogP contribution is -2.13. The molecule has 15 heavy (non-hydrogen) atoms. The van der Waals surface area contributed by atoms with Crippen LogP contribution in [0, 0.1) is 0 Å². The van der Waals surface area contributed by atoms with Crippen molar-refractivity contribution in [2.75, 3.05) is 0 Å². The van der Waals surface area contributed by atoms with E-state index in [1.165, 1.54) is 6.07 Å². The van der Waals surface area contributed by atoms with Gasteiger partial charge in [-0.25, -0.2) is 0 Å². The molecule has 0 aliphatic heterocycles. The highest BCUT2D eigenvalue weighted by atomic mass is 19.4. The molecule has 2 nitrogen and oxygen atoms in total. The number of benzene rings is 1. The molecule has 0 heterocycles. The largest absolute Gasteiger partial charge is 0.416 e. The van der Waals surface area contributed by atoms with Gasteiger partial charge in [0.15, 0.2) is 0 Å². The first kappa shape index (κ1) is 13.2. The molecule has 1 aromatic carbocycles. The maximum atomic E-state index is 12.1. The van der Waals surface area contributed by atoms with Crippen LogP contribution >= 0.6 is 0 Å². The summed E-state index contributed by atoms with van der Waals surface area (Å²) in [6.07, 6.45) is -4.44. The van der Waals surface area contributed by atoms with Crippen molar-refractivity contribution in [3.63, 3.8) is 0 Å². The molecule has 0 aliphatic carbocycles. The summed E-state index contributed by atoms with van der Waals surface area (Å²) in [6.45, 7) is 6.00. The topological polar surface area (TPSA) is 43.1 Å². The standard InChI is InChI=1S/C8H6F3NO.C2H4/c9-8(10,11)6-3-1-2-5(4-6)7(12)13;1-2/h1-4H,(H2,12,13);1-2H2. The van der Waals surface area contributed by atoms with E-state index in [-0.39, 0.29) is 5.56 Å². The van der Waals surface area contributed by atoms with Crippen LogP contribution in [0.2, 0.25) is 0 Å². The van der Waals surface area contributed by atoms with Crippen LogP contribution in [-0.4, -0.2) is 5.91 Å². The molecule has 1 amide bonds. The number of carbonyl (C=O) groups is 1. The third-order valence-corrected chi connectivity index (χ3v) is 1.47. The summed E-state index contributed by atoms with van der Waals surface area (Å²) < 4.78 is 36.2. The Labute approximate surface area is 85.2 Å². The fourth-order valence-electron chi connectivity index (χ4n) is 0.849. The molecule has 0 spiro atoms. The van der Waals surface area contributed by atoms with Gasteiger partial charge in [-0.05, 0) is 18.2 Å². The summed E-state index contributed by atoms with van der Waals surface area (Å²) >= 11 is 0. The van der Waals surface area contributed by atoms with Crippen LogP contribution in [0.25, 0.3) is 0 Å². The van der Waals surface area contributed by atoms with Crippen LogP contribution in [0.5, 0.6) is 0 Å². The van der Waals surface area contributed by atoms with Gasteiger partial charge in [0.1, 0.15) is 0 Å². The van der Waals surface area contributed by atoms with E-state index in [1.807, 2.05) is 0 Å². The molecule has 0 atom stereocenters. The molecule has 0 unspecified atom stereocenters. The monoisotopic (exact) mass is 217 g/mol. The van der Waals surface area contributed by atoms with E-state index < -0.39 is 17.6 Å². The lowest BCUT2D eigenvalue weighted by Gasteiger charge is -2.06. The number of alkyl halides is 3. The zero-order valence-electron chi connectivity index (χ0n) is 7.84. The molecule has 0 saturated carbocycles. The normalized spacial score (nSPS) is 10.1. The van der Waals surface area contributed by atoms with E-state index >= 15 is 0 Å². The van der Waals surface area contributed by atoms with Crippen molar-refractivity contribution in [3.05, 3.63) is 48.6 Å². The summed E-state index contributed by atoms with van der Waals surface area (Å²) in [7, 11) is 0. The Hall–Kier alpha value is -1.78. The Morgan fingerprint density at radius 1 is 1.27 bits per heavy atom.